The molecule has 0 radical (unpaired) electrons. The molecule has 0 atom stereocenters. The molecule has 0 saturated carbocycles. The van der Waals surface area contributed by atoms with Crippen LogP contribution in [-0.4, -0.2) is 15.2 Å². The molecule has 0 bridgehead atoms. The molecule has 0 fully saturated rings. The normalized spacial score (nSPS) is 10.5. The molecule has 3 aromatic rings. The number of hydrogen-bond acceptors (Lipinski definition) is 5. The Labute approximate surface area is 149 Å². The molecule has 6 heteroatoms. The minimum Gasteiger partial charge on any atom is -0.338 e. The summed E-state index contributed by atoms with van der Waals surface area (Å²) in [4.78, 5) is 4.49. The molecule has 122 valence electrons. The van der Waals surface area contributed by atoms with Crippen LogP contribution in [-0.2, 0) is 6.42 Å². The van der Waals surface area contributed by atoms with E-state index in [1.54, 1.807) is 6.20 Å². The number of aryl methyl sites for hydroxylation is 2. The van der Waals surface area contributed by atoms with Gasteiger partial charge in [0.1, 0.15) is 0 Å². The maximum atomic E-state index is 4.49. The molecule has 0 aliphatic rings. The molecule has 0 amide bonds. The zero-order valence-electron chi connectivity index (χ0n) is 13.5. The van der Waals surface area contributed by atoms with Crippen LogP contribution >= 0.6 is 15.9 Å². The van der Waals surface area contributed by atoms with Crippen LogP contribution in [0.3, 0.4) is 0 Å². The van der Waals surface area contributed by atoms with Gasteiger partial charge in [0.05, 0.1) is 11.9 Å². The second-order valence-corrected chi connectivity index (χ2v) is 6.26. The first-order valence-corrected chi connectivity index (χ1v) is 8.53. The summed E-state index contributed by atoms with van der Waals surface area (Å²) in [6, 6.07) is 14.2. The molecule has 0 unspecified atom stereocenters. The highest BCUT2D eigenvalue weighted by Crippen LogP contribution is 2.26. The molecule has 0 saturated heterocycles. The zero-order valence-corrected chi connectivity index (χ0v) is 15.1. The third-order valence-electron chi connectivity index (χ3n) is 3.59. The van der Waals surface area contributed by atoms with E-state index in [9.17, 15) is 0 Å². The van der Waals surface area contributed by atoms with E-state index in [0.29, 0.717) is 11.8 Å². The average molecular weight is 384 g/mol. The molecule has 3 rings (SSSR count). The van der Waals surface area contributed by atoms with Crippen molar-refractivity contribution in [2.75, 3.05) is 10.6 Å². The second kappa shape index (κ2) is 7.40. The summed E-state index contributed by atoms with van der Waals surface area (Å²) < 4.78 is 0.979. The van der Waals surface area contributed by atoms with Crippen molar-refractivity contribution in [3.63, 3.8) is 0 Å². The van der Waals surface area contributed by atoms with Gasteiger partial charge in [0, 0.05) is 10.2 Å². The van der Waals surface area contributed by atoms with Crippen LogP contribution in [0.5, 0.6) is 0 Å². The van der Waals surface area contributed by atoms with Gasteiger partial charge in [-0.3, -0.25) is 0 Å². The standard InChI is InChI=1S/C18H18BrN5/c1-3-13-6-4-5-7-15(13)22-18-23-17(11-20-24-18)21-16-9-8-12(2)10-14(16)19/h4-11H,3H2,1-2H3,(H2,21,22,23,24). The molecule has 2 aromatic carbocycles. The maximum Gasteiger partial charge on any atom is 0.249 e. The fourth-order valence-electron chi connectivity index (χ4n) is 2.35. The Kier molecular flexibility index (Phi) is 5.05. The lowest BCUT2D eigenvalue weighted by atomic mass is 10.1. The SMILES string of the molecule is CCc1ccccc1Nc1nncc(Nc2ccc(C)cc2Br)n1. The van der Waals surface area contributed by atoms with Crippen LogP contribution in [0.2, 0.25) is 0 Å². The average Bonchev–Trinajstić information content (AvgIpc) is 2.58. The van der Waals surface area contributed by atoms with Crippen molar-refractivity contribution in [3.8, 4) is 0 Å². The van der Waals surface area contributed by atoms with Gasteiger partial charge in [-0.15, -0.1) is 5.10 Å². The number of nitrogens with zero attached hydrogens (tertiary/aromatic N) is 3. The summed E-state index contributed by atoms with van der Waals surface area (Å²) in [6.45, 7) is 4.17. The lowest BCUT2D eigenvalue weighted by molar-refractivity contribution is 0.980. The van der Waals surface area contributed by atoms with Crippen molar-refractivity contribution in [2.45, 2.75) is 20.3 Å². The third kappa shape index (κ3) is 3.89. The topological polar surface area (TPSA) is 62.7 Å². The molecule has 2 N–H and O–H groups in total. The lowest BCUT2D eigenvalue weighted by Gasteiger charge is -2.11. The number of rotatable bonds is 5. The zero-order chi connectivity index (χ0) is 16.9. The quantitative estimate of drug-likeness (QED) is 0.649. The summed E-state index contributed by atoms with van der Waals surface area (Å²) in [5.41, 5.74) is 4.32. The highest BCUT2D eigenvalue weighted by atomic mass is 79.9. The van der Waals surface area contributed by atoms with E-state index in [4.69, 9.17) is 0 Å². The van der Waals surface area contributed by atoms with Gasteiger partial charge in [0.2, 0.25) is 5.95 Å². The van der Waals surface area contributed by atoms with E-state index in [-0.39, 0.29) is 0 Å². The minimum absolute atomic E-state index is 0.462. The number of halogens is 1. The second-order valence-electron chi connectivity index (χ2n) is 5.41. The third-order valence-corrected chi connectivity index (χ3v) is 4.25. The number of para-hydroxylation sites is 1. The van der Waals surface area contributed by atoms with Crippen molar-refractivity contribution in [2.24, 2.45) is 0 Å². The Morgan fingerprint density at radius 1 is 1.04 bits per heavy atom. The summed E-state index contributed by atoms with van der Waals surface area (Å²) in [5, 5.41) is 14.6. The highest BCUT2D eigenvalue weighted by Gasteiger charge is 2.06. The molecule has 1 aromatic heterocycles. The van der Waals surface area contributed by atoms with Gasteiger partial charge in [-0.2, -0.15) is 10.1 Å². The monoisotopic (exact) mass is 383 g/mol. The first kappa shape index (κ1) is 16.4. The first-order valence-electron chi connectivity index (χ1n) is 7.73. The van der Waals surface area contributed by atoms with E-state index < -0.39 is 0 Å². The van der Waals surface area contributed by atoms with Crippen molar-refractivity contribution in [3.05, 3.63) is 64.3 Å². The molecule has 1 heterocycles. The number of nitrogens with one attached hydrogen (secondary N) is 2. The van der Waals surface area contributed by atoms with E-state index in [1.807, 2.05) is 43.3 Å². The van der Waals surface area contributed by atoms with Gasteiger partial charge in [0.15, 0.2) is 5.82 Å². The molecular weight excluding hydrogens is 366 g/mol. The predicted octanol–water partition coefficient (Wildman–Crippen LogP) is 4.99. The Morgan fingerprint density at radius 2 is 1.88 bits per heavy atom. The van der Waals surface area contributed by atoms with Crippen LogP contribution in [0, 0.1) is 6.92 Å². The van der Waals surface area contributed by atoms with Gasteiger partial charge < -0.3 is 10.6 Å². The Morgan fingerprint density at radius 3 is 2.67 bits per heavy atom. The summed E-state index contributed by atoms with van der Waals surface area (Å²) in [5.74, 6) is 1.09. The Hall–Kier alpha value is -2.47. The number of benzene rings is 2. The highest BCUT2D eigenvalue weighted by molar-refractivity contribution is 9.10. The Balaban J connectivity index is 1.81. The molecule has 0 spiro atoms. The van der Waals surface area contributed by atoms with Gasteiger partial charge in [-0.25, -0.2) is 0 Å². The smallest absolute Gasteiger partial charge is 0.249 e. The van der Waals surface area contributed by atoms with Crippen LogP contribution < -0.4 is 10.6 Å². The molecule has 0 aliphatic carbocycles. The summed E-state index contributed by atoms with van der Waals surface area (Å²) >= 11 is 3.55. The van der Waals surface area contributed by atoms with Crippen molar-refractivity contribution in [1.82, 2.24) is 15.2 Å². The van der Waals surface area contributed by atoms with Crippen molar-refractivity contribution >= 4 is 39.1 Å². The van der Waals surface area contributed by atoms with Crippen molar-refractivity contribution < 1.29 is 0 Å². The van der Waals surface area contributed by atoms with Gasteiger partial charge in [0.25, 0.3) is 0 Å². The van der Waals surface area contributed by atoms with E-state index in [1.165, 1.54) is 11.1 Å². The van der Waals surface area contributed by atoms with Crippen molar-refractivity contribution in [1.29, 1.82) is 0 Å². The molecule has 0 aliphatic heterocycles. The van der Waals surface area contributed by atoms with Crippen LogP contribution in [0.1, 0.15) is 18.1 Å². The number of hydrogen-bond donors (Lipinski definition) is 2. The van der Waals surface area contributed by atoms with Gasteiger partial charge in [-0.05, 0) is 58.6 Å². The maximum absolute atomic E-state index is 4.49. The van der Waals surface area contributed by atoms with Crippen LogP contribution in [0.25, 0.3) is 0 Å². The van der Waals surface area contributed by atoms with Crippen LogP contribution in [0.15, 0.2) is 53.1 Å². The van der Waals surface area contributed by atoms with Gasteiger partial charge >= 0.3 is 0 Å². The number of aromatic nitrogens is 3. The molecule has 5 nitrogen and oxygen atoms in total. The van der Waals surface area contributed by atoms with Crippen LogP contribution in [0.4, 0.5) is 23.1 Å². The molecular formula is C18H18BrN5. The first-order chi connectivity index (χ1) is 11.7. The fraction of sp³-hybridized carbons (Fsp3) is 0.167. The summed E-state index contributed by atoms with van der Waals surface area (Å²) in [6.07, 6.45) is 2.54. The fourth-order valence-corrected chi connectivity index (χ4v) is 2.94. The van der Waals surface area contributed by atoms with Gasteiger partial charge in [-0.1, -0.05) is 31.2 Å². The van der Waals surface area contributed by atoms with E-state index >= 15 is 0 Å². The summed E-state index contributed by atoms with van der Waals surface area (Å²) in [7, 11) is 0. The predicted molar refractivity (Wildman–Crippen MR) is 101 cm³/mol. The molecule has 24 heavy (non-hydrogen) atoms. The minimum atomic E-state index is 0.462. The van der Waals surface area contributed by atoms with E-state index in [0.717, 1.165) is 22.3 Å². The Bertz CT molecular complexity index is 850. The number of anilines is 4. The largest absolute Gasteiger partial charge is 0.338 e. The lowest BCUT2D eigenvalue weighted by Crippen LogP contribution is -2.04. The van der Waals surface area contributed by atoms with E-state index in [2.05, 4.69) is 54.7 Å².